The molecule has 0 aliphatic rings. The van der Waals surface area contributed by atoms with Gasteiger partial charge in [0.15, 0.2) is 0 Å². The maximum Gasteiger partial charge on any atom is 0.130 e. The second-order valence-electron chi connectivity index (χ2n) is 4.38. The maximum atomic E-state index is 13.5. The van der Waals surface area contributed by atoms with Gasteiger partial charge in [-0.25, -0.2) is 8.78 Å². The summed E-state index contributed by atoms with van der Waals surface area (Å²) in [4.78, 5) is 0. The van der Waals surface area contributed by atoms with Crippen LogP contribution in [0.4, 0.5) is 8.78 Å². The summed E-state index contributed by atoms with van der Waals surface area (Å²) in [5.74, 6) is -0.606. The summed E-state index contributed by atoms with van der Waals surface area (Å²) in [6.45, 7) is 1.50. The first kappa shape index (κ1) is 14.9. The Morgan fingerprint density at radius 1 is 1.20 bits per heavy atom. The Kier molecular flexibility index (Phi) is 4.73. The first-order valence-corrected chi connectivity index (χ1v) is 6.81. The van der Waals surface area contributed by atoms with Crippen LogP contribution in [0.5, 0.6) is 5.75 Å². The number of hydrogen-bond donors (Lipinski definition) is 1. The van der Waals surface area contributed by atoms with E-state index in [0.717, 1.165) is 22.7 Å². The van der Waals surface area contributed by atoms with E-state index in [-0.39, 0.29) is 12.2 Å². The fourth-order valence-corrected chi connectivity index (χ4v) is 2.17. The van der Waals surface area contributed by atoms with Crippen LogP contribution in [0.15, 0.2) is 40.9 Å². The number of benzene rings is 2. The number of aliphatic hydroxyl groups is 1. The molecule has 5 heteroatoms. The van der Waals surface area contributed by atoms with Crippen LogP contribution in [0.25, 0.3) is 0 Å². The number of rotatable bonds is 4. The highest BCUT2D eigenvalue weighted by molar-refractivity contribution is 9.10. The summed E-state index contributed by atoms with van der Waals surface area (Å²) in [5.41, 5.74) is 0.709. The van der Waals surface area contributed by atoms with Crippen molar-refractivity contribution >= 4 is 15.9 Å². The highest BCUT2D eigenvalue weighted by Gasteiger charge is 2.11. The third-order valence-corrected chi connectivity index (χ3v) is 3.31. The number of halogens is 3. The average Bonchev–Trinajstić information content (AvgIpc) is 2.40. The lowest BCUT2D eigenvalue weighted by atomic mass is 10.1. The summed E-state index contributed by atoms with van der Waals surface area (Å²) in [6, 6.07) is 8.36. The summed E-state index contributed by atoms with van der Waals surface area (Å²) >= 11 is 3.31. The Balaban J connectivity index is 2.20. The summed E-state index contributed by atoms with van der Waals surface area (Å²) < 4.78 is 32.8. The first-order valence-electron chi connectivity index (χ1n) is 6.01. The number of aliphatic hydroxyl groups excluding tert-OH is 1. The van der Waals surface area contributed by atoms with Gasteiger partial charge in [-0.3, -0.25) is 0 Å². The van der Waals surface area contributed by atoms with Gasteiger partial charge in [0.1, 0.15) is 24.0 Å². The van der Waals surface area contributed by atoms with E-state index < -0.39 is 17.7 Å². The van der Waals surface area contributed by atoms with Gasteiger partial charge in [-0.1, -0.05) is 15.9 Å². The molecule has 1 atom stereocenters. The van der Waals surface area contributed by atoms with Gasteiger partial charge in [0.25, 0.3) is 0 Å². The molecule has 0 aromatic heterocycles. The topological polar surface area (TPSA) is 29.5 Å². The fraction of sp³-hybridized carbons (Fsp3) is 0.200. The van der Waals surface area contributed by atoms with E-state index in [1.54, 1.807) is 25.1 Å². The highest BCUT2D eigenvalue weighted by atomic mass is 79.9. The molecule has 1 N–H and O–H groups in total. The van der Waals surface area contributed by atoms with Crippen LogP contribution in [0.1, 0.15) is 24.2 Å². The molecule has 2 rings (SSSR count). The van der Waals surface area contributed by atoms with Crippen LogP contribution in [0.3, 0.4) is 0 Å². The minimum atomic E-state index is -0.722. The Labute approximate surface area is 124 Å². The van der Waals surface area contributed by atoms with Crippen LogP contribution < -0.4 is 4.74 Å². The van der Waals surface area contributed by atoms with Gasteiger partial charge in [-0.05, 0) is 43.3 Å². The van der Waals surface area contributed by atoms with Gasteiger partial charge in [-0.15, -0.1) is 0 Å². The van der Waals surface area contributed by atoms with E-state index in [1.807, 2.05) is 0 Å². The predicted octanol–water partition coefficient (Wildman–Crippen LogP) is 4.36. The minimum absolute atomic E-state index is 0.106. The summed E-state index contributed by atoms with van der Waals surface area (Å²) in [7, 11) is 0. The van der Waals surface area contributed by atoms with E-state index in [0.29, 0.717) is 11.3 Å². The molecule has 0 amide bonds. The van der Waals surface area contributed by atoms with Gasteiger partial charge in [-0.2, -0.15) is 0 Å². The van der Waals surface area contributed by atoms with Crippen molar-refractivity contribution < 1.29 is 18.6 Å². The van der Waals surface area contributed by atoms with Crippen LogP contribution in [0.2, 0.25) is 0 Å². The molecule has 0 radical (unpaired) electrons. The second kappa shape index (κ2) is 6.33. The molecule has 0 heterocycles. The zero-order chi connectivity index (χ0) is 14.7. The van der Waals surface area contributed by atoms with Crippen LogP contribution in [0, 0.1) is 11.6 Å². The van der Waals surface area contributed by atoms with E-state index >= 15 is 0 Å². The first-order chi connectivity index (χ1) is 9.47. The van der Waals surface area contributed by atoms with E-state index in [2.05, 4.69) is 15.9 Å². The molecule has 20 heavy (non-hydrogen) atoms. The second-order valence-corrected chi connectivity index (χ2v) is 5.30. The molecule has 0 fully saturated rings. The smallest absolute Gasteiger partial charge is 0.130 e. The largest absolute Gasteiger partial charge is 0.488 e. The monoisotopic (exact) mass is 342 g/mol. The van der Waals surface area contributed by atoms with Crippen molar-refractivity contribution in [3.63, 3.8) is 0 Å². The molecule has 0 saturated carbocycles. The van der Waals surface area contributed by atoms with Crippen molar-refractivity contribution in [3.8, 4) is 5.75 Å². The van der Waals surface area contributed by atoms with Crippen LogP contribution in [-0.2, 0) is 6.61 Å². The van der Waals surface area contributed by atoms with Crippen molar-refractivity contribution in [2.45, 2.75) is 19.6 Å². The van der Waals surface area contributed by atoms with Crippen molar-refractivity contribution in [2.75, 3.05) is 0 Å². The SMILES string of the molecule is CC(O)c1cc(Br)ccc1OCc1cc(F)ccc1F. The lowest BCUT2D eigenvalue weighted by Gasteiger charge is -2.14. The molecule has 0 spiro atoms. The zero-order valence-electron chi connectivity index (χ0n) is 10.7. The lowest BCUT2D eigenvalue weighted by Crippen LogP contribution is -2.03. The van der Waals surface area contributed by atoms with Crippen molar-refractivity contribution in [1.29, 1.82) is 0 Å². The van der Waals surface area contributed by atoms with E-state index in [4.69, 9.17) is 4.74 Å². The molecule has 2 aromatic rings. The number of ether oxygens (including phenoxy) is 1. The van der Waals surface area contributed by atoms with Crippen molar-refractivity contribution in [3.05, 3.63) is 63.6 Å². The molecule has 106 valence electrons. The Bertz CT molecular complexity index is 615. The molecular weight excluding hydrogens is 330 g/mol. The maximum absolute atomic E-state index is 13.5. The molecule has 1 unspecified atom stereocenters. The van der Waals surface area contributed by atoms with E-state index in [9.17, 15) is 13.9 Å². The molecule has 0 aliphatic heterocycles. The Morgan fingerprint density at radius 2 is 1.95 bits per heavy atom. The molecule has 2 nitrogen and oxygen atoms in total. The third-order valence-electron chi connectivity index (χ3n) is 2.81. The number of hydrogen-bond acceptors (Lipinski definition) is 2. The average molecular weight is 343 g/mol. The fourth-order valence-electron chi connectivity index (χ4n) is 1.79. The Morgan fingerprint density at radius 3 is 2.65 bits per heavy atom. The van der Waals surface area contributed by atoms with Gasteiger partial charge in [0, 0.05) is 15.6 Å². The molecular formula is C15H13BrF2O2. The predicted molar refractivity (Wildman–Crippen MR) is 75.5 cm³/mol. The van der Waals surface area contributed by atoms with Crippen LogP contribution in [-0.4, -0.2) is 5.11 Å². The van der Waals surface area contributed by atoms with Crippen molar-refractivity contribution in [2.24, 2.45) is 0 Å². The summed E-state index contributed by atoms with van der Waals surface area (Å²) in [5, 5.41) is 9.69. The van der Waals surface area contributed by atoms with Crippen molar-refractivity contribution in [1.82, 2.24) is 0 Å². The van der Waals surface area contributed by atoms with Gasteiger partial charge >= 0.3 is 0 Å². The van der Waals surface area contributed by atoms with Gasteiger partial charge < -0.3 is 9.84 Å². The molecule has 0 saturated heterocycles. The normalized spacial score (nSPS) is 12.2. The van der Waals surface area contributed by atoms with Gasteiger partial charge in [0.2, 0.25) is 0 Å². The standard InChI is InChI=1S/C15H13BrF2O2/c1-9(19)13-7-11(16)2-5-15(13)20-8-10-6-12(17)3-4-14(10)18/h2-7,9,19H,8H2,1H3. The highest BCUT2D eigenvalue weighted by Crippen LogP contribution is 2.29. The molecule has 0 aliphatic carbocycles. The summed E-state index contributed by atoms with van der Waals surface area (Å²) in [6.07, 6.45) is -0.722. The van der Waals surface area contributed by atoms with E-state index in [1.165, 1.54) is 0 Å². The van der Waals surface area contributed by atoms with Crippen LogP contribution >= 0.6 is 15.9 Å². The third kappa shape index (κ3) is 3.55. The van der Waals surface area contributed by atoms with Gasteiger partial charge in [0.05, 0.1) is 6.10 Å². The molecule has 2 aromatic carbocycles. The molecule has 0 bridgehead atoms. The minimum Gasteiger partial charge on any atom is -0.488 e. The zero-order valence-corrected chi connectivity index (χ0v) is 12.3. The lowest BCUT2D eigenvalue weighted by molar-refractivity contribution is 0.189. The quantitative estimate of drug-likeness (QED) is 0.894. The Hall–Kier alpha value is -1.46.